The van der Waals surface area contributed by atoms with Gasteiger partial charge in [0.05, 0.1) is 12.1 Å². The second-order valence-corrected chi connectivity index (χ2v) is 7.15. The molecule has 1 unspecified atom stereocenters. The highest BCUT2D eigenvalue weighted by Crippen LogP contribution is 2.52. The number of carbonyl (C=O) groups is 2. The Labute approximate surface area is 145 Å². The normalized spacial score (nSPS) is 17.8. The van der Waals surface area contributed by atoms with Gasteiger partial charge in [0.15, 0.2) is 0 Å². The first-order valence-electron chi connectivity index (χ1n) is 8.17. The van der Waals surface area contributed by atoms with Gasteiger partial charge in [-0.25, -0.2) is 9.18 Å². The van der Waals surface area contributed by atoms with Gasteiger partial charge >= 0.3 is 5.97 Å². The molecule has 5 heteroatoms. The van der Waals surface area contributed by atoms with Gasteiger partial charge in [0.2, 0.25) is 5.91 Å². The summed E-state index contributed by atoms with van der Waals surface area (Å²) in [6, 6.07) is 12.3. The van der Waals surface area contributed by atoms with Crippen LogP contribution in [0.2, 0.25) is 0 Å². The fourth-order valence-electron chi connectivity index (χ4n) is 2.98. The lowest BCUT2D eigenvalue weighted by atomic mass is 10.1. The van der Waals surface area contributed by atoms with Crippen molar-refractivity contribution in [3.63, 3.8) is 0 Å². The minimum atomic E-state index is -1.01. The summed E-state index contributed by atoms with van der Waals surface area (Å²) in [5, 5.41) is 9.14. The van der Waals surface area contributed by atoms with Crippen molar-refractivity contribution < 1.29 is 19.1 Å². The predicted octanol–water partition coefficient (Wildman–Crippen LogP) is 4.10. The van der Waals surface area contributed by atoms with Gasteiger partial charge in [0.1, 0.15) is 5.82 Å². The molecule has 3 rings (SSSR count). The van der Waals surface area contributed by atoms with E-state index in [2.05, 4.69) is 0 Å². The summed E-state index contributed by atoms with van der Waals surface area (Å²) < 4.78 is 13.2. The molecular formula is C20H20FNO3. The SMILES string of the molecule is CC1(C)CC1C(=O)N(Cc1cccc(C(=O)O)c1)c1ccc(F)cc1. The topological polar surface area (TPSA) is 57.6 Å². The average Bonchev–Trinajstić information content (AvgIpc) is 3.22. The number of amides is 1. The van der Waals surface area contributed by atoms with E-state index in [1.165, 1.54) is 18.2 Å². The minimum absolute atomic E-state index is 0.0164. The maximum atomic E-state index is 13.2. The number of carboxylic acid groups (broad SMARTS) is 1. The molecule has 0 bridgehead atoms. The van der Waals surface area contributed by atoms with Crippen LogP contribution in [0.4, 0.5) is 10.1 Å². The number of hydrogen-bond acceptors (Lipinski definition) is 2. The molecule has 0 spiro atoms. The van der Waals surface area contributed by atoms with Gasteiger partial charge in [0.25, 0.3) is 0 Å². The standard InChI is InChI=1S/C20H20FNO3/c1-20(2)11-17(20)18(23)22(16-8-6-15(21)7-9-16)12-13-4-3-5-14(10-13)19(24)25/h3-10,17H,11-12H2,1-2H3,(H,24,25). The quantitative estimate of drug-likeness (QED) is 0.890. The maximum Gasteiger partial charge on any atom is 0.335 e. The van der Waals surface area contributed by atoms with Crippen LogP contribution in [0.25, 0.3) is 0 Å². The molecule has 2 aromatic rings. The zero-order valence-corrected chi connectivity index (χ0v) is 14.2. The number of carboxylic acids is 1. The molecule has 0 heterocycles. The number of aromatic carboxylic acids is 1. The van der Waals surface area contributed by atoms with Gasteiger partial charge in [-0.05, 0) is 53.8 Å². The predicted molar refractivity (Wildman–Crippen MR) is 92.9 cm³/mol. The molecule has 25 heavy (non-hydrogen) atoms. The van der Waals surface area contributed by atoms with E-state index in [-0.39, 0.29) is 35.2 Å². The third kappa shape index (κ3) is 3.71. The molecule has 1 amide bonds. The Morgan fingerprint density at radius 2 is 1.84 bits per heavy atom. The number of hydrogen-bond donors (Lipinski definition) is 1. The molecular weight excluding hydrogens is 321 g/mol. The Hall–Kier alpha value is -2.69. The van der Waals surface area contributed by atoms with Crippen LogP contribution in [0.5, 0.6) is 0 Å². The fourth-order valence-corrected chi connectivity index (χ4v) is 2.98. The van der Waals surface area contributed by atoms with Gasteiger partial charge in [-0.15, -0.1) is 0 Å². The molecule has 1 N–H and O–H groups in total. The van der Waals surface area contributed by atoms with E-state index in [1.807, 2.05) is 13.8 Å². The van der Waals surface area contributed by atoms with Gasteiger partial charge in [-0.1, -0.05) is 26.0 Å². The van der Waals surface area contributed by atoms with Crippen molar-refractivity contribution in [1.29, 1.82) is 0 Å². The van der Waals surface area contributed by atoms with E-state index in [4.69, 9.17) is 5.11 Å². The van der Waals surface area contributed by atoms with Crippen LogP contribution in [-0.2, 0) is 11.3 Å². The van der Waals surface area contributed by atoms with E-state index < -0.39 is 5.97 Å². The van der Waals surface area contributed by atoms with E-state index in [0.29, 0.717) is 5.69 Å². The van der Waals surface area contributed by atoms with Crippen LogP contribution in [-0.4, -0.2) is 17.0 Å². The highest BCUT2D eigenvalue weighted by molar-refractivity contribution is 5.97. The first kappa shape index (κ1) is 17.1. The van der Waals surface area contributed by atoms with Crippen LogP contribution in [0, 0.1) is 17.2 Å². The molecule has 1 aliphatic carbocycles. The molecule has 130 valence electrons. The van der Waals surface area contributed by atoms with Gasteiger partial charge in [-0.3, -0.25) is 4.79 Å². The fraction of sp³-hybridized carbons (Fsp3) is 0.300. The van der Waals surface area contributed by atoms with Crippen molar-refractivity contribution in [2.45, 2.75) is 26.8 Å². The van der Waals surface area contributed by atoms with Crippen LogP contribution in [0.3, 0.4) is 0 Å². The number of halogens is 1. The summed E-state index contributed by atoms with van der Waals surface area (Å²) in [4.78, 5) is 25.7. The zero-order chi connectivity index (χ0) is 18.2. The van der Waals surface area contributed by atoms with E-state index in [1.54, 1.807) is 35.2 Å². The summed E-state index contributed by atoms with van der Waals surface area (Å²) in [5.74, 6) is -1.46. The molecule has 2 aromatic carbocycles. The first-order valence-corrected chi connectivity index (χ1v) is 8.17. The van der Waals surface area contributed by atoms with Crippen LogP contribution >= 0.6 is 0 Å². The number of benzene rings is 2. The Balaban J connectivity index is 1.91. The highest BCUT2D eigenvalue weighted by atomic mass is 19.1. The van der Waals surface area contributed by atoms with E-state index in [9.17, 15) is 14.0 Å². The van der Waals surface area contributed by atoms with E-state index >= 15 is 0 Å². The second-order valence-electron chi connectivity index (χ2n) is 7.15. The van der Waals surface area contributed by atoms with Gasteiger partial charge < -0.3 is 10.0 Å². The summed E-state index contributed by atoms with van der Waals surface area (Å²) in [5.41, 5.74) is 1.47. The molecule has 0 aromatic heterocycles. The zero-order valence-electron chi connectivity index (χ0n) is 14.2. The molecule has 1 aliphatic rings. The Bertz CT molecular complexity index is 814. The lowest BCUT2D eigenvalue weighted by Gasteiger charge is -2.24. The summed E-state index contributed by atoms with van der Waals surface area (Å²) in [6.07, 6.45) is 0.818. The lowest BCUT2D eigenvalue weighted by Crippen LogP contribution is -2.33. The molecule has 4 nitrogen and oxygen atoms in total. The number of anilines is 1. The van der Waals surface area contributed by atoms with Crippen molar-refractivity contribution in [2.75, 3.05) is 4.90 Å². The molecule has 1 fully saturated rings. The Morgan fingerprint density at radius 3 is 2.40 bits per heavy atom. The summed E-state index contributed by atoms with van der Waals surface area (Å²) >= 11 is 0. The van der Waals surface area contributed by atoms with E-state index in [0.717, 1.165) is 12.0 Å². The largest absolute Gasteiger partial charge is 0.478 e. The van der Waals surface area contributed by atoms with Crippen molar-refractivity contribution in [2.24, 2.45) is 11.3 Å². The highest BCUT2D eigenvalue weighted by Gasteiger charge is 2.52. The smallest absolute Gasteiger partial charge is 0.335 e. The maximum absolute atomic E-state index is 13.2. The number of nitrogens with zero attached hydrogens (tertiary/aromatic N) is 1. The monoisotopic (exact) mass is 341 g/mol. The van der Waals surface area contributed by atoms with Crippen molar-refractivity contribution in [3.05, 3.63) is 65.5 Å². The molecule has 0 saturated heterocycles. The molecule has 1 saturated carbocycles. The summed E-state index contributed by atoms with van der Waals surface area (Å²) in [7, 11) is 0. The molecule has 0 aliphatic heterocycles. The van der Waals surface area contributed by atoms with Crippen molar-refractivity contribution >= 4 is 17.6 Å². The number of rotatable bonds is 5. The number of carbonyl (C=O) groups excluding carboxylic acids is 1. The van der Waals surface area contributed by atoms with Gasteiger partial charge in [0, 0.05) is 11.6 Å². The third-order valence-electron chi connectivity index (χ3n) is 4.73. The first-order chi connectivity index (χ1) is 11.8. The van der Waals surface area contributed by atoms with Crippen molar-refractivity contribution in [3.8, 4) is 0 Å². The Morgan fingerprint density at radius 1 is 1.20 bits per heavy atom. The molecule has 1 atom stereocenters. The lowest BCUT2D eigenvalue weighted by molar-refractivity contribution is -0.120. The van der Waals surface area contributed by atoms with Crippen LogP contribution in [0.1, 0.15) is 36.2 Å². The second kappa shape index (κ2) is 6.31. The van der Waals surface area contributed by atoms with Crippen molar-refractivity contribution in [1.82, 2.24) is 0 Å². The molecule has 0 radical (unpaired) electrons. The Kier molecular flexibility index (Phi) is 4.33. The van der Waals surface area contributed by atoms with Crippen LogP contribution < -0.4 is 4.90 Å². The summed E-state index contributed by atoms with van der Waals surface area (Å²) in [6.45, 7) is 4.34. The minimum Gasteiger partial charge on any atom is -0.478 e. The van der Waals surface area contributed by atoms with Gasteiger partial charge in [-0.2, -0.15) is 0 Å². The average molecular weight is 341 g/mol. The third-order valence-corrected chi connectivity index (χ3v) is 4.73. The van der Waals surface area contributed by atoms with Crippen LogP contribution in [0.15, 0.2) is 48.5 Å².